The van der Waals surface area contributed by atoms with Crippen LogP contribution in [0.15, 0.2) is 15.2 Å². The van der Waals surface area contributed by atoms with E-state index in [1.807, 2.05) is 0 Å². The SMILES string of the molecule is CC1CC(NCc2csc(Br)c2)CCO1. The first-order chi connectivity index (χ1) is 7.24. The van der Waals surface area contributed by atoms with Crippen LogP contribution in [-0.4, -0.2) is 18.8 Å². The van der Waals surface area contributed by atoms with Gasteiger partial charge >= 0.3 is 0 Å². The fourth-order valence-corrected chi connectivity index (χ4v) is 3.09. The zero-order valence-electron chi connectivity index (χ0n) is 8.83. The zero-order valence-corrected chi connectivity index (χ0v) is 11.2. The number of rotatable bonds is 3. The minimum absolute atomic E-state index is 0.408. The van der Waals surface area contributed by atoms with E-state index < -0.39 is 0 Å². The van der Waals surface area contributed by atoms with Gasteiger partial charge in [-0.05, 0) is 52.7 Å². The molecule has 0 amide bonds. The average Bonchev–Trinajstić information content (AvgIpc) is 2.62. The molecule has 2 atom stereocenters. The Labute approximate surface area is 103 Å². The molecule has 1 aliphatic heterocycles. The smallest absolute Gasteiger partial charge is 0.0701 e. The van der Waals surface area contributed by atoms with Crippen LogP contribution in [0.5, 0.6) is 0 Å². The lowest BCUT2D eigenvalue weighted by Crippen LogP contribution is -2.37. The van der Waals surface area contributed by atoms with Crippen LogP contribution in [0.25, 0.3) is 0 Å². The summed E-state index contributed by atoms with van der Waals surface area (Å²) in [5.74, 6) is 0. The Morgan fingerprint density at radius 2 is 2.53 bits per heavy atom. The zero-order chi connectivity index (χ0) is 10.7. The Balaban J connectivity index is 1.77. The van der Waals surface area contributed by atoms with Gasteiger partial charge in [0.25, 0.3) is 0 Å². The van der Waals surface area contributed by atoms with Crippen LogP contribution in [0.3, 0.4) is 0 Å². The van der Waals surface area contributed by atoms with Gasteiger partial charge in [0.1, 0.15) is 0 Å². The number of nitrogens with one attached hydrogen (secondary N) is 1. The summed E-state index contributed by atoms with van der Waals surface area (Å²) in [7, 11) is 0. The Hall–Kier alpha value is 0.1000. The molecule has 2 heterocycles. The molecule has 2 unspecified atom stereocenters. The third-order valence-corrected chi connectivity index (χ3v) is 4.26. The molecule has 0 aliphatic carbocycles. The van der Waals surface area contributed by atoms with Crippen LogP contribution < -0.4 is 5.32 Å². The molecule has 4 heteroatoms. The van der Waals surface area contributed by atoms with E-state index >= 15 is 0 Å². The van der Waals surface area contributed by atoms with Crippen molar-refractivity contribution < 1.29 is 4.74 Å². The second-order valence-electron chi connectivity index (χ2n) is 4.04. The number of thiophene rings is 1. The van der Waals surface area contributed by atoms with Crippen molar-refractivity contribution in [2.24, 2.45) is 0 Å². The fraction of sp³-hybridized carbons (Fsp3) is 0.636. The van der Waals surface area contributed by atoms with E-state index in [4.69, 9.17) is 4.74 Å². The number of hydrogen-bond acceptors (Lipinski definition) is 3. The minimum Gasteiger partial charge on any atom is -0.378 e. The normalized spacial score (nSPS) is 26.8. The Morgan fingerprint density at radius 3 is 3.20 bits per heavy atom. The highest BCUT2D eigenvalue weighted by Gasteiger charge is 2.18. The molecule has 0 radical (unpaired) electrons. The summed E-state index contributed by atoms with van der Waals surface area (Å²) in [5.41, 5.74) is 1.37. The van der Waals surface area contributed by atoms with Gasteiger partial charge < -0.3 is 10.1 Å². The molecule has 0 aromatic carbocycles. The predicted molar refractivity (Wildman–Crippen MR) is 67.3 cm³/mol. The van der Waals surface area contributed by atoms with Gasteiger partial charge in [0, 0.05) is 19.2 Å². The van der Waals surface area contributed by atoms with Crippen LogP contribution in [0, 0.1) is 0 Å². The molecular weight excluding hydrogens is 274 g/mol. The van der Waals surface area contributed by atoms with E-state index in [9.17, 15) is 0 Å². The highest BCUT2D eigenvalue weighted by atomic mass is 79.9. The van der Waals surface area contributed by atoms with Crippen molar-refractivity contribution in [1.82, 2.24) is 5.32 Å². The highest BCUT2D eigenvalue weighted by molar-refractivity contribution is 9.11. The van der Waals surface area contributed by atoms with Crippen LogP contribution in [0.1, 0.15) is 25.3 Å². The summed E-state index contributed by atoms with van der Waals surface area (Å²) < 4.78 is 6.73. The highest BCUT2D eigenvalue weighted by Crippen LogP contribution is 2.21. The van der Waals surface area contributed by atoms with E-state index in [0.717, 1.165) is 26.0 Å². The van der Waals surface area contributed by atoms with Crippen LogP contribution in [0.4, 0.5) is 0 Å². The fourth-order valence-electron chi connectivity index (χ4n) is 1.88. The Bertz CT molecular complexity index is 315. The van der Waals surface area contributed by atoms with Gasteiger partial charge in [-0.1, -0.05) is 0 Å². The van der Waals surface area contributed by atoms with Crippen LogP contribution in [0.2, 0.25) is 0 Å². The summed E-state index contributed by atoms with van der Waals surface area (Å²) in [6, 6.07) is 2.80. The van der Waals surface area contributed by atoms with Gasteiger partial charge in [-0.2, -0.15) is 0 Å². The summed E-state index contributed by atoms with van der Waals surface area (Å²) in [5, 5.41) is 5.78. The van der Waals surface area contributed by atoms with Crippen molar-refractivity contribution in [3.8, 4) is 0 Å². The molecule has 1 fully saturated rings. The first kappa shape index (κ1) is 11.6. The molecule has 2 nitrogen and oxygen atoms in total. The first-order valence-electron chi connectivity index (χ1n) is 5.32. The summed E-state index contributed by atoms with van der Waals surface area (Å²) in [4.78, 5) is 0. The molecule has 0 bridgehead atoms. The molecule has 1 aromatic heterocycles. The molecule has 1 N–H and O–H groups in total. The third kappa shape index (κ3) is 3.55. The topological polar surface area (TPSA) is 21.3 Å². The van der Waals surface area contributed by atoms with Crippen LogP contribution in [-0.2, 0) is 11.3 Å². The second-order valence-corrected chi connectivity index (χ2v) is 6.33. The molecule has 15 heavy (non-hydrogen) atoms. The molecule has 1 aliphatic rings. The van der Waals surface area contributed by atoms with Gasteiger partial charge in [-0.25, -0.2) is 0 Å². The maximum absolute atomic E-state index is 5.52. The van der Waals surface area contributed by atoms with E-state index in [1.165, 1.54) is 9.35 Å². The van der Waals surface area contributed by atoms with Gasteiger partial charge in [0.05, 0.1) is 9.89 Å². The molecule has 84 valence electrons. The molecule has 0 spiro atoms. The molecule has 0 saturated carbocycles. The number of hydrogen-bond donors (Lipinski definition) is 1. The van der Waals surface area contributed by atoms with Crippen molar-refractivity contribution in [2.45, 2.75) is 38.5 Å². The quantitative estimate of drug-likeness (QED) is 0.923. The Morgan fingerprint density at radius 1 is 1.67 bits per heavy atom. The van der Waals surface area contributed by atoms with Crippen molar-refractivity contribution in [1.29, 1.82) is 0 Å². The molecule has 1 aromatic rings. The van der Waals surface area contributed by atoms with Crippen molar-refractivity contribution in [2.75, 3.05) is 6.61 Å². The minimum atomic E-state index is 0.408. The third-order valence-electron chi connectivity index (χ3n) is 2.70. The van der Waals surface area contributed by atoms with Gasteiger partial charge in [-0.3, -0.25) is 0 Å². The number of halogens is 1. The van der Waals surface area contributed by atoms with E-state index in [-0.39, 0.29) is 0 Å². The first-order valence-corrected chi connectivity index (χ1v) is 6.99. The Kier molecular flexibility index (Phi) is 4.20. The van der Waals surface area contributed by atoms with Gasteiger partial charge in [0.15, 0.2) is 0 Å². The van der Waals surface area contributed by atoms with E-state index in [1.54, 1.807) is 11.3 Å². The standard InChI is InChI=1S/C11H16BrNOS/c1-8-4-10(2-3-14-8)13-6-9-5-11(12)15-7-9/h5,7-8,10,13H,2-4,6H2,1H3. The molecular formula is C11H16BrNOS. The van der Waals surface area contributed by atoms with Gasteiger partial charge in [0.2, 0.25) is 0 Å². The lowest BCUT2D eigenvalue weighted by molar-refractivity contribution is 0.0130. The summed E-state index contributed by atoms with van der Waals surface area (Å²) >= 11 is 5.22. The van der Waals surface area contributed by atoms with Gasteiger partial charge in [-0.15, -0.1) is 11.3 Å². The number of ether oxygens (including phenoxy) is 1. The lowest BCUT2D eigenvalue weighted by Gasteiger charge is -2.27. The van der Waals surface area contributed by atoms with Crippen molar-refractivity contribution in [3.63, 3.8) is 0 Å². The lowest BCUT2D eigenvalue weighted by atomic mass is 10.0. The van der Waals surface area contributed by atoms with E-state index in [2.05, 4.69) is 39.6 Å². The predicted octanol–water partition coefficient (Wildman–Crippen LogP) is 3.17. The summed E-state index contributed by atoms with van der Waals surface area (Å²) in [6.45, 7) is 4.01. The summed E-state index contributed by atoms with van der Waals surface area (Å²) in [6.07, 6.45) is 2.67. The van der Waals surface area contributed by atoms with Crippen molar-refractivity contribution >= 4 is 27.3 Å². The van der Waals surface area contributed by atoms with Crippen molar-refractivity contribution in [3.05, 3.63) is 20.8 Å². The van der Waals surface area contributed by atoms with Crippen LogP contribution >= 0.6 is 27.3 Å². The largest absolute Gasteiger partial charge is 0.378 e. The maximum Gasteiger partial charge on any atom is 0.0701 e. The second kappa shape index (κ2) is 5.43. The average molecular weight is 290 g/mol. The molecule has 1 saturated heterocycles. The maximum atomic E-state index is 5.52. The van der Waals surface area contributed by atoms with E-state index in [0.29, 0.717) is 12.1 Å². The molecule has 2 rings (SSSR count). The monoisotopic (exact) mass is 289 g/mol.